The Morgan fingerprint density at radius 2 is 0.732 bits per heavy atom. The molecule has 0 atom stereocenters. The normalized spacial score (nSPS) is 11.9. The van der Waals surface area contributed by atoms with Crippen LogP contribution in [0.15, 0.2) is 82.6 Å². The van der Waals surface area contributed by atoms with Crippen LogP contribution in [0.4, 0.5) is 11.4 Å². The van der Waals surface area contributed by atoms with Crippen molar-refractivity contribution in [2.45, 2.75) is 9.79 Å². The van der Waals surface area contributed by atoms with Gasteiger partial charge in [-0.3, -0.25) is 9.59 Å². The van der Waals surface area contributed by atoms with Crippen LogP contribution in [0, 0.1) is 0 Å². The van der Waals surface area contributed by atoms with Crippen LogP contribution in [0.5, 0.6) is 0 Å². The van der Waals surface area contributed by atoms with Crippen molar-refractivity contribution in [1.29, 1.82) is 0 Å². The van der Waals surface area contributed by atoms with Crippen molar-refractivity contribution in [2.24, 2.45) is 0 Å². The highest BCUT2D eigenvalue weighted by Gasteiger charge is 2.22. The number of carbonyl (C=O) groups excluding carboxylic acids is 2. The number of hydrogen-bond donors (Lipinski definition) is 2. The summed E-state index contributed by atoms with van der Waals surface area (Å²) in [5.74, 6) is -1.58. The van der Waals surface area contributed by atoms with E-state index >= 15 is 0 Å². The maximum atomic E-state index is 13.0. The number of amides is 2. The molecule has 18 heteroatoms. The number of nitrogens with one attached hydrogen (secondary N) is 2. The first kappa shape index (κ1) is 44.3. The average Bonchev–Trinajstić information content (AvgIpc) is 3.15. The molecule has 2 N–H and O–H groups in total. The molecule has 16 nitrogen and oxygen atoms in total. The highest BCUT2D eigenvalue weighted by molar-refractivity contribution is 7.90. The summed E-state index contributed by atoms with van der Waals surface area (Å²) in [5.41, 5.74) is 1.71. The zero-order valence-electron chi connectivity index (χ0n) is 32.0. The SMILES string of the molecule is CN(C)c1cccc2c(S(=O)(=O)NC(=O)COCCOCCOCCOCCOCCOCC(=O)NS(=O)(=O)c3cccc4c(N(C)C)cccc34)cccc12. The molecule has 2 amide bonds. The summed E-state index contributed by atoms with van der Waals surface area (Å²) in [6, 6.07) is 20.5. The Bertz CT molecular complexity index is 1980. The standard InChI is InChI=1S/C38H50N4O12S2/c1-41(2)33-13-5-11-31-29(33)9-7-15-35(31)55(45,46)39-37(43)27-53-25-23-51-21-19-49-17-18-50-20-22-52-24-26-54-28-38(44)40-56(47,48)36-16-8-10-30-32(36)12-6-14-34(30)42(3)4/h5-16H,17-28H2,1-4H3,(H,39,43)(H,40,44). The molecule has 0 bridgehead atoms. The Kier molecular flexibility index (Phi) is 17.2. The Morgan fingerprint density at radius 3 is 1.05 bits per heavy atom. The molecule has 0 unspecified atom stereocenters. The summed E-state index contributed by atoms with van der Waals surface area (Å²) >= 11 is 0. The Hall–Kier alpha value is -4.40. The van der Waals surface area contributed by atoms with E-state index in [0.717, 1.165) is 22.1 Å². The second-order valence-electron chi connectivity index (χ2n) is 12.7. The van der Waals surface area contributed by atoms with E-state index in [1.165, 1.54) is 12.1 Å². The molecule has 0 saturated heterocycles. The number of nitrogens with zero attached hydrogens (tertiary/aromatic N) is 2. The van der Waals surface area contributed by atoms with Crippen LogP contribution in [-0.2, 0) is 58.1 Å². The van der Waals surface area contributed by atoms with Crippen molar-refractivity contribution in [2.75, 3.05) is 117 Å². The average molecular weight is 819 g/mol. The van der Waals surface area contributed by atoms with E-state index in [0.29, 0.717) is 37.2 Å². The summed E-state index contributed by atoms with van der Waals surface area (Å²) in [7, 11) is -0.768. The maximum absolute atomic E-state index is 13.0. The van der Waals surface area contributed by atoms with E-state index in [2.05, 4.69) is 9.44 Å². The minimum atomic E-state index is -4.12. The van der Waals surface area contributed by atoms with Gasteiger partial charge in [0.15, 0.2) is 0 Å². The van der Waals surface area contributed by atoms with Crippen LogP contribution in [0.3, 0.4) is 0 Å². The molecule has 0 fully saturated rings. The van der Waals surface area contributed by atoms with Crippen molar-refractivity contribution in [3.63, 3.8) is 0 Å². The van der Waals surface area contributed by atoms with Crippen molar-refractivity contribution >= 4 is 64.8 Å². The zero-order chi connectivity index (χ0) is 40.6. The van der Waals surface area contributed by atoms with Gasteiger partial charge in [0.1, 0.15) is 13.2 Å². The smallest absolute Gasteiger partial charge is 0.264 e. The van der Waals surface area contributed by atoms with Crippen molar-refractivity contribution in [1.82, 2.24) is 9.44 Å². The van der Waals surface area contributed by atoms with Crippen LogP contribution < -0.4 is 19.2 Å². The second-order valence-corrected chi connectivity index (χ2v) is 16.0. The Labute approximate surface area is 328 Å². The minimum absolute atomic E-state index is 0.00572. The fraction of sp³-hybridized carbons (Fsp3) is 0.421. The number of sulfonamides is 2. The monoisotopic (exact) mass is 818 g/mol. The van der Waals surface area contributed by atoms with E-state index in [1.807, 2.05) is 62.3 Å². The number of fused-ring (bicyclic) bond motifs is 2. The Balaban J connectivity index is 0.962. The van der Waals surface area contributed by atoms with Gasteiger partial charge in [0.05, 0.1) is 75.9 Å². The summed E-state index contributed by atoms with van der Waals surface area (Å²) in [6.45, 7) is 1.50. The molecule has 306 valence electrons. The van der Waals surface area contributed by atoms with E-state index in [9.17, 15) is 26.4 Å². The van der Waals surface area contributed by atoms with Gasteiger partial charge in [0.25, 0.3) is 31.9 Å². The van der Waals surface area contributed by atoms with Crippen LogP contribution in [0.1, 0.15) is 0 Å². The second kappa shape index (κ2) is 21.8. The summed E-state index contributed by atoms with van der Waals surface area (Å²) in [5, 5.41) is 2.51. The lowest BCUT2D eigenvalue weighted by molar-refractivity contribution is -0.125. The third-order valence-corrected chi connectivity index (χ3v) is 10.9. The molecule has 0 aliphatic rings. The summed E-state index contributed by atoms with van der Waals surface area (Å²) in [6.07, 6.45) is 0. The maximum Gasteiger partial charge on any atom is 0.264 e. The van der Waals surface area contributed by atoms with Gasteiger partial charge in [0, 0.05) is 61.1 Å². The van der Waals surface area contributed by atoms with E-state index in [-0.39, 0.29) is 49.4 Å². The number of anilines is 2. The van der Waals surface area contributed by atoms with Gasteiger partial charge >= 0.3 is 0 Å². The molecule has 4 aromatic carbocycles. The van der Waals surface area contributed by atoms with Crippen LogP contribution >= 0.6 is 0 Å². The van der Waals surface area contributed by atoms with Crippen molar-refractivity contribution in [3.8, 4) is 0 Å². The molecule has 0 spiro atoms. The minimum Gasteiger partial charge on any atom is -0.377 e. The highest BCUT2D eigenvalue weighted by Crippen LogP contribution is 2.31. The molecule has 0 aromatic heterocycles. The zero-order valence-corrected chi connectivity index (χ0v) is 33.7. The van der Waals surface area contributed by atoms with Gasteiger partial charge in [0.2, 0.25) is 0 Å². The largest absolute Gasteiger partial charge is 0.377 e. The lowest BCUT2D eigenvalue weighted by Gasteiger charge is -2.17. The van der Waals surface area contributed by atoms with Crippen LogP contribution in [-0.4, -0.2) is 136 Å². The summed E-state index contributed by atoms with van der Waals surface area (Å²) in [4.78, 5) is 28.4. The van der Waals surface area contributed by atoms with Gasteiger partial charge in [-0.15, -0.1) is 0 Å². The quantitative estimate of drug-likeness (QED) is 0.0929. The number of rotatable bonds is 25. The van der Waals surface area contributed by atoms with Gasteiger partial charge in [-0.05, 0) is 24.3 Å². The van der Waals surface area contributed by atoms with Crippen molar-refractivity contribution < 1.29 is 54.8 Å². The molecule has 4 aromatic rings. The van der Waals surface area contributed by atoms with E-state index in [1.54, 1.807) is 36.4 Å². The predicted molar refractivity (Wildman–Crippen MR) is 212 cm³/mol. The van der Waals surface area contributed by atoms with Crippen LogP contribution in [0.2, 0.25) is 0 Å². The molecular formula is C38H50N4O12S2. The first-order chi connectivity index (χ1) is 26.8. The van der Waals surface area contributed by atoms with Crippen LogP contribution in [0.25, 0.3) is 21.5 Å². The first-order valence-corrected chi connectivity index (χ1v) is 20.7. The molecule has 0 aliphatic heterocycles. The number of hydrogen-bond acceptors (Lipinski definition) is 14. The fourth-order valence-electron chi connectivity index (χ4n) is 5.57. The molecule has 56 heavy (non-hydrogen) atoms. The third kappa shape index (κ3) is 13.1. The van der Waals surface area contributed by atoms with Crippen molar-refractivity contribution in [3.05, 3.63) is 72.8 Å². The summed E-state index contributed by atoms with van der Waals surface area (Å²) < 4.78 is 88.2. The molecular weight excluding hydrogens is 769 g/mol. The highest BCUT2D eigenvalue weighted by atomic mass is 32.2. The molecule has 0 aliphatic carbocycles. The lowest BCUT2D eigenvalue weighted by atomic mass is 10.1. The third-order valence-electron chi connectivity index (χ3n) is 8.08. The number of carbonyl (C=O) groups is 2. The van der Waals surface area contributed by atoms with E-state index in [4.69, 9.17) is 28.4 Å². The molecule has 4 rings (SSSR count). The Morgan fingerprint density at radius 1 is 0.446 bits per heavy atom. The van der Waals surface area contributed by atoms with Gasteiger partial charge in [-0.2, -0.15) is 0 Å². The first-order valence-electron chi connectivity index (χ1n) is 17.8. The van der Waals surface area contributed by atoms with Gasteiger partial charge in [-0.1, -0.05) is 48.5 Å². The molecule has 0 saturated carbocycles. The molecule has 0 heterocycles. The fourth-order valence-corrected chi connectivity index (χ4v) is 7.96. The van der Waals surface area contributed by atoms with Gasteiger partial charge < -0.3 is 38.2 Å². The topological polar surface area (TPSA) is 188 Å². The predicted octanol–water partition coefficient (Wildman–Crippen LogP) is 2.53. The number of ether oxygens (including phenoxy) is 6. The van der Waals surface area contributed by atoms with E-state index < -0.39 is 45.1 Å². The molecule has 0 radical (unpaired) electrons. The lowest BCUT2D eigenvalue weighted by Crippen LogP contribution is -2.34. The van der Waals surface area contributed by atoms with Gasteiger partial charge in [-0.25, -0.2) is 26.3 Å². The number of benzene rings is 4.